The topological polar surface area (TPSA) is 104 Å². The van der Waals surface area contributed by atoms with E-state index >= 15 is 0 Å². The molecular weight excluding hydrogens is 502 g/mol. The zero-order valence-corrected chi connectivity index (χ0v) is 22.2. The summed E-state index contributed by atoms with van der Waals surface area (Å²) in [5.74, 6) is 1.06. The fraction of sp³-hybridized carbons (Fsp3) is 0.276. The average Bonchev–Trinajstić information content (AvgIpc) is 3.38. The van der Waals surface area contributed by atoms with Crippen LogP contribution in [0.15, 0.2) is 77.2 Å². The Morgan fingerprint density at radius 2 is 1.72 bits per heavy atom. The number of nitrogens with zero attached hydrogens (tertiary/aromatic N) is 3. The molecule has 0 radical (unpaired) electrons. The molecule has 1 heterocycles. The number of likely N-dealkylation sites (N-methyl/N-ethyl adjacent to an activating group) is 1. The molecule has 0 atom stereocenters. The Hall–Kier alpha value is -4.73. The molecule has 0 aliphatic carbocycles. The van der Waals surface area contributed by atoms with Crippen LogP contribution in [-0.2, 0) is 16.1 Å². The molecular formula is C29H31N3O7. The second kappa shape index (κ2) is 13.2. The first-order valence-electron chi connectivity index (χ1n) is 12.5. The maximum absolute atomic E-state index is 13.0. The fourth-order valence-electron chi connectivity index (χ4n) is 3.73. The lowest BCUT2D eigenvalue weighted by Gasteiger charge is -2.21. The van der Waals surface area contributed by atoms with Crippen molar-refractivity contribution >= 4 is 29.2 Å². The Bertz CT molecular complexity index is 1350. The third kappa shape index (κ3) is 7.64. The monoisotopic (exact) mass is 533 g/mol. The number of ether oxygens (including phenoxy) is 4. The van der Waals surface area contributed by atoms with Gasteiger partial charge in [-0.3, -0.25) is 9.69 Å². The third-order valence-corrected chi connectivity index (χ3v) is 5.72. The molecule has 4 rings (SSSR count). The van der Waals surface area contributed by atoms with Gasteiger partial charge in [-0.05, 0) is 61.0 Å². The largest absolute Gasteiger partial charge is 0.497 e. The number of para-hydroxylation sites is 2. The molecule has 39 heavy (non-hydrogen) atoms. The van der Waals surface area contributed by atoms with E-state index in [0.29, 0.717) is 36.4 Å². The van der Waals surface area contributed by atoms with Crippen LogP contribution in [0.1, 0.15) is 12.5 Å². The van der Waals surface area contributed by atoms with Crippen molar-refractivity contribution in [2.75, 3.05) is 45.4 Å². The quantitative estimate of drug-likeness (QED) is 0.235. The number of anilines is 1. The van der Waals surface area contributed by atoms with E-state index in [1.165, 1.54) is 4.90 Å². The standard InChI is InChI=1S/C29H31N3O7/c1-4-36-27(33)20-32(29(34)38-23-14-12-22(35-3)13-15-23)19-21-8-7-9-24(18-21)37-17-16-31(2)28-30-25-10-5-6-11-26(25)39-28/h5-15,18H,4,16-17,19-20H2,1-3H3. The van der Waals surface area contributed by atoms with Crippen LogP contribution in [0.5, 0.6) is 17.2 Å². The van der Waals surface area contributed by atoms with Gasteiger partial charge in [0.15, 0.2) is 5.58 Å². The minimum atomic E-state index is -0.681. The van der Waals surface area contributed by atoms with Gasteiger partial charge in [0.05, 0.1) is 20.3 Å². The van der Waals surface area contributed by atoms with Crippen molar-refractivity contribution in [1.82, 2.24) is 9.88 Å². The Kier molecular flexibility index (Phi) is 9.23. The number of hydrogen-bond donors (Lipinski definition) is 0. The SMILES string of the molecule is CCOC(=O)CN(Cc1cccc(OCCN(C)c2nc3ccccc3o2)c1)C(=O)Oc1ccc(OC)cc1. The Morgan fingerprint density at radius 1 is 0.949 bits per heavy atom. The van der Waals surface area contributed by atoms with Gasteiger partial charge in [-0.15, -0.1) is 0 Å². The number of carbonyl (C=O) groups excluding carboxylic acids is 2. The van der Waals surface area contributed by atoms with Crippen LogP contribution in [-0.4, -0.2) is 62.4 Å². The number of carbonyl (C=O) groups is 2. The van der Waals surface area contributed by atoms with E-state index in [9.17, 15) is 9.59 Å². The van der Waals surface area contributed by atoms with E-state index in [2.05, 4.69) is 4.98 Å². The lowest BCUT2D eigenvalue weighted by molar-refractivity contribution is -0.144. The zero-order chi connectivity index (χ0) is 27.6. The van der Waals surface area contributed by atoms with Gasteiger partial charge in [0.25, 0.3) is 6.01 Å². The van der Waals surface area contributed by atoms with E-state index in [4.69, 9.17) is 23.4 Å². The highest BCUT2D eigenvalue weighted by Gasteiger charge is 2.21. The smallest absolute Gasteiger partial charge is 0.416 e. The van der Waals surface area contributed by atoms with Gasteiger partial charge in [0, 0.05) is 13.6 Å². The number of fused-ring (bicyclic) bond motifs is 1. The zero-order valence-electron chi connectivity index (χ0n) is 22.2. The number of amides is 1. The summed E-state index contributed by atoms with van der Waals surface area (Å²) in [6.45, 7) is 2.70. The summed E-state index contributed by atoms with van der Waals surface area (Å²) < 4.78 is 27.4. The van der Waals surface area contributed by atoms with Crippen molar-refractivity contribution in [1.29, 1.82) is 0 Å². The summed E-state index contributed by atoms with van der Waals surface area (Å²) in [7, 11) is 3.43. The highest BCUT2D eigenvalue weighted by molar-refractivity contribution is 5.79. The molecule has 0 aliphatic rings. The Labute approximate surface area is 226 Å². The van der Waals surface area contributed by atoms with Crippen molar-refractivity contribution in [2.24, 2.45) is 0 Å². The molecule has 1 amide bonds. The molecule has 10 heteroatoms. The van der Waals surface area contributed by atoms with Crippen LogP contribution in [0.3, 0.4) is 0 Å². The molecule has 204 valence electrons. The summed E-state index contributed by atoms with van der Waals surface area (Å²) in [6.07, 6.45) is -0.681. The van der Waals surface area contributed by atoms with Crippen molar-refractivity contribution in [3.05, 3.63) is 78.4 Å². The normalized spacial score (nSPS) is 10.6. The minimum absolute atomic E-state index is 0.119. The van der Waals surface area contributed by atoms with Crippen LogP contribution < -0.4 is 19.1 Å². The van der Waals surface area contributed by atoms with E-state index < -0.39 is 12.1 Å². The molecule has 0 spiro atoms. The molecule has 0 saturated carbocycles. The number of rotatable bonds is 12. The molecule has 0 aliphatic heterocycles. The number of oxazole rings is 1. The summed E-state index contributed by atoms with van der Waals surface area (Å²) in [5, 5.41) is 0. The molecule has 0 N–H and O–H groups in total. The first kappa shape index (κ1) is 27.3. The van der Waals surface area contributed by atoms with Crippen molar-refractivity contribution in [2.45, 2.75) is 13.5 Å². The lowest BCUT2D eigenvalue weighted by Crippen LogP contribution is -2.38. The lowest BCUT2D eigenvalue weighted by atomic mass is 10.2. The predicted molar refractivity (Wildman–Crippen MR) is 145 cm³/mol. The highest BCUT2D eigenvalue weighted by Crippen LogP contribution is 2.22. The number of methoxy groups -OCH3 is 1. The first-order valence-corrected chi connectivity index (χ1v) is 12.5. The predicted octanol–water partition coefficient (Wildman–Crippen LogP) is 4.92. The van der Waals surface area contributed by atoms with Crippen LogP contribution in [0.25, 0.3) is 11.1 Å². The van der Waals surface area contributed by atoms with Gasteiger partial charge in [0.1, 0.15) is 35.9 Å². The molecule has 0 saturated heterocycles. The van der Waals surface area contributed by atoms with Crippen LogP contribution in [0.2, 0.25) is 0 Å². The second-order valence-electron chi connectivity index (χ2n) is 8.59. The van der Waals surface area contributed by atoms with Crippen LogP contribution >= 0.6 is 0 Å². The molecule has 0 bridgehead atoms. The van der Waals surface area contributed by atoms with Gasteiger partial charge >= 0.3 is 12.1 Å². The molecule has 4 aromatic rings. The molecule has 10 nitrogen and oxygen atoms in total. The van der Waals surface area contributed by atoms with Gasteiger partial charge in [-0.25, -0.2) is 4.79 Å². The first-order chi connectivity index (χ1) is 18.9. The summed E-state index contributed by atoms with van der Waals surface area (Å²) in [6, 6.07) is 22.0. The number of benzene rings is 3. The van der Waals surface area contributed by atoms with E-state index in [0.717, 1.165) is 16.7 Å². The molecule has 3 aromatic carbocycles. The van der Waals surface area contributed by atoms with Crippen LogP contribution in [0.4, 0.5) is 10.8 Å². The Balaban J connectivity index is 1.37. The van der Waals surface area contributed by atoms with Gasteiger partial charge in [-0.1, -0.05) is 24.3 Å². The third-order valence-electron chi connectivity index (χ3n) is 5.72. The van der Waals surface area contributed by atoms with Gasteiger partial charge < -0.3 is 28.3 Å². The number of esters is 1. The van der Waals surface area contributed by atoms with Crippen molar-refractivity contribution in [3.8, 4) is 17.2 Å². The van der Waals surface area contributed by atoms with Crippen LogP contribution in [0, 0.1) is 0 Å². The van der Waals surface area contributed by atoms with Gasteiger partial charge in [0.2, 0.25) is 0 Å². The molecule has 1 aromatic heterocycles. The van der Waals surface area contributed by atoms with Gasteiger partial charge in [-0.2, -0.15) is 4.98 Å². The number of aromatic nitrogens is 1. The van der Waals surface area contributed by atoms with E-state index in [1.54, 1.807) is 38.3 Å². The second-order valence-corrected chi connectivity index (χ2v) is 8.59. The highest BCUT2D eigenvalue weighted by atomic mass is 16.6. The maximum atomic E-state index is 13.0. The minimum Gasteiger partial charge on any atom is -0.497 e. The molecule has 0 unspecified atom stereocenters. The van der Waals surface area contributed by atoms with Crippen molar-refractivity contribution < 1.29 is 33.0 Å². The van der Waals surface area contributed by atoms with E-state index in [-0.39, 0.29) is 19.7 Å². The summed E-state index contributed by atoms with van der Waals surface area (Å²) in [5.41, 5.74) is 2.28. The summed E-state index contributed by atoms with van der Waals surface area (Å²) in [4.78, 5) is 32.8. The molecule has 0 fully saturated rings. The maximum Gasteiger partial charge on any atom is 0.416 e. The van der Waals surface area contributed by atoms with Crippen molar-refractivity contribution in [3.63, 3.8) is 0 Å². The Morgan fingerprint density at radius 3 is 2.46 bits per heavy atom. The average molecular weight is 534 g/mol. The fourth-order valence-corrected chi connectivity index (χ4v) is 3.73. The van der Waals surface area contributed by atoms with E-state index in [1.807, 2.05) is 60.5 Å². The number of hydrogen-bond acceptors (Lipinski definition) is 9. The summed E-state index contributed by atoms with van der Waals surface area (Å²) >= 11 is 0.